The Morgan fingerprint density at radius 3 is 1.30 bits per heavy atom. The standard InChI is InChI=1S/C16H30.C15H26O2.C14H20/c1-13-3-7-15(8-4-13)11-12-16-9-5-14(2)6-10-16;1-11-3-7-13(8-4-11)15(16)17-14-9-5-12(2)6-10-14;1-11-3-7-13(8-4-11)14-9-5-12(2)6-10-14/h13-16H,3-12H2,1-2H3;11-14H,3-10H2,1-2H3;3-4,7-8,12,14H,5-6,9-10H2,1-2H3. The van der Waals surface area contributed by atoms with E-state index in [1.54, 1.807) is 18.4 Å². The lowest BCUT2D eigenvalue weighted by atomic mass is 9.76. The van der Waals surface area contributed by atoms with Crippen molar-refractivity contribution in [3.8, 4) is 0 Å². The summed E-state index contributed by atoms with van der Waals surface area (Å²) in [6.45, 7) is 14.0. The highest BCUT2D eigenvalue weighted by Crippen LogP contribution is 2.37. The van der Waals surface area contributed by atoms with E-state index in [9.17, 15) is 4.79 Å². The number of hydrogen-bond donors (Lipinski definition) is 0. The first-order valence-electron chi connectivity index (χ1n) is 20.9. The number of aryl methyl sites for hydroxylation is 1. The Bertz CT molecular complexity index is 936. The first-order chi connectivity index (χ1) is 22.6. The molecule has 5 aliphatic rings. The third-order valence-electron chi connectivity index (χ3n) is 13.4. The second-order valence-electron chi connectivity index (χ2n) is 18.0. The molecule has 5 aliphatic carbocycles. The number of carbonyl (C=O) groups is 1. The molecule has 2 heteroatoms. The molecule has 0 spiro atoms. The summed E-state index contributed by atoms with van der Waals surface area (Å²) in [5.74, 6) is 7.94. The molecule has 6 rings (SSSR count). The summed E-state index contributed by atoms with van der Waals surface area (Å²) >= 11 is 0. The van der Waals surface area contributed by atoms with E-state index in [0.717, 1.165) is 73.0 Å². The van der Waals surface area contributed by atoms with Crippen LogP contribution in [0.1, 0.15) is 193 Å². The second-order valence-corrected chi connectivity index (χ2v) is 18.0. The van der Waals surface area contributed by atoms with Gasteiger partial charge in [-0.1, -0.05) is 141 Å². The summed E-state index contributed by atoms with van der Waals surface area (Å²) in [6.07, 6.45) is 30.2. The Kier molecular flexibility index (Phi) is 16.7. The van der Waals surface area contributed by atoms with Crippen LogP contribution in [0.15, 0.2) is 24.3 Å². The van der Waals surface area contributed by atoms with Crippen molar-refractivity contribution in [3.05, 3.63) is 35.4 Å². The maximum Gasteiger partial charge on any atom is 0.309 e. The molecule has 47 heavy (non-hydrogen) atoms. The second kappa shape index (κ2) is 20.4. The van der Waals surface area contributed by atoms with Gasteiger partial charge in [-0.05, 0) is 124 Å². The maximum absolute atomic E-state index is 12.0. The number of carbonyl (C=O) groups excluding carboxylic acids is 1. The predicted octanol–water partition coefficient (Wildman–Crippen LogP) is 13.6. The van der Waals surface area contributed by atoms with Gasteiger partial charge >= 0.3 is 5.97 Å². The lowest BCUT2D eigenvalue weighted by Crippen LogP contribution is -2.29. The molecule has 1 aromatic rings. The van der Waals surface area contributed by atoms with Crippen LogP contribution >= 0.6 is 0 Å². The number of ether oxygens (including phenoxy) is 1. The van der Waals surface area contributed by atoms with Crippen molar-refractivity contribution < 1.29 is 9.53 Å². The molecule has 0 radical (unpaired) electrons. The van der Waals surface area contributed by atoms with E-state index >= 15 is 0 Å². The molecule has 0 unspecified atom stereocenters. The minimum absolute atomic E-state index is 0.0939. The third kappa shape index (κ3) is 14.2. The third-order valence-corrected chi connectivity index (χ3v) is 13.4. The summed E-state index contributed by atoms with van der Waals surface area (Å²) in [7, 11) is 0. The highest BCUT2D eigenvalue weighted by Gasteiger charge is 2.29. The van der Waals surface area contributed by atoms with E-state index in [1.165, 1.54) is 108 Å². The number of rotatable bonds is 6. The maximum atomic E-state index is 12.0. The van der Waals surface area contributed by atoms with Crippen LogP contribution in [0.4, 0.5) is 0 Å². The van der Waals surface area contributed by atoms with Gasteiger partial charge in [0.2, 0.25) is 0 Å². The lowest BCUT2D eigenvalue weighted by molar-refractivity contribution is -0.157. The van der Waals surface area contributed by atoms with Crippen molar-refractivity contribution in [2.45, 2.75) is 195 Å². The number of hydrogen-bond acceptors (Lipinski definition) is 2. The average molecular weight is 649 g/mol. The molecule has 0 N–H and O–H groups in total. The molecule has 0 aromatic heterocycles. The summed E-state index contributed by atoms with van der Waals surface area (Å²) in [4.78, 5) is 12.0. The zero-order chi connectivity index (χ0) is 33.6. The molecule has 5 fully saturated rings. The average Bonchev–Trinajstić information content (AvgIpc) is 3.08. The van der Waals surface area contributed by atoms with Gasteiger partial charge in [0.1, 0.15) is 6.10 Å². The zero-order valence-electron chi connectivity index (χ0n) is 32.0. The summed E-state index contributed by atoms with van der Waals surface area (Å²) < 4.78 is 5.68. The van der Waals surface area contributed by atoms with Crippen molar-refractivity contribution in [1.82, 2.24) is 0 Å². The highest BCUT2D eigenvalue weighted by atomic mass is 16.5. The smallest absolute Gasteiger partial charge is 0.309 e. The summed E-state index contributed by atoms with van der Waals surface area (Å²) in [5, 5.41) is 0. The molecule has 0 heterocycles. The first-order valence-corrected chi connectivity index (χ1v) is 20.9. The van der Waals surface area contributed by atoms with E-state index in [0.29, 0.717) is 0 Å². The first kappa shape index (κ1) is 38.5. The molecule has 2 nitrogen and oxygen atoms in total. The van der Waals surface area contributed by atoms with Gasteiger partial charge in [-0.3, -0.25) is 4.79 Å². The van der Waals surface area contributed by atoms with Crippen molar-refractivity contribution in [2.24, 2.45) is 47.3 Å². The SMILES string of the molecule is CC1CCC(CCC2CCC(C)CC2)CC1.CC1CCC(OC(=O)C2CCC(C)CC2)CC1.Cc1ccc(C2CCC(C)CC2)cc1. The monoisotopic (exact) mass is 649 g/mol. The quantitative estimate of drug-likeness (QED) is 0.287. The van der Waals surface area contributed by atoms with E-state index in [4.69, 9.17) is 4.74 Å². The van der Waals surface area contributed by atoms with Gasteiger partial charge in [0.05, 0.1) is 5.92 Å². The minimum Gasteiger partial charge on any atom is -0.462 e. The Morgan fingerprint density at radius 2 is 0.872 bits per heavy atom. The minimum atomic E-state index is 0.0939. The molecule has 5 saturated carbocycles. The molecular formula is C45H76O2. The Labute approximate surface area is 292 Å². The Hall–Kier alpha value is -1.31. The van der Waals surface area contributed by atoms with E-state index in [-0.39, 0.29) is 18.0 Å². The molecule has 268 valence electrons. The molecule has 0 amide bonds. The van der Waals surface area contributed by atoms with Crippen LogP contribution in [0.2, 0.25) is 0 Å². The van der Waals surface area contributed by atoms with Crippen LogP contribution in [0.25, 0.3) is 0 Å². The highest BCUT2D eigenvalue weighted by molar-refractivity contribution is 5.72. The summed E-state index contributed by atoms with van der Waals surface area (Å²) in [5.41, 5.74) is 2.93. The van der Waals surface area contributed by atoms with Crippen molar-refractivity contribution >= 4 is 5.97 Å². The fourth-order valence-corrected chi connectivity index (χ4v) is 9.24. The van der Waals surface area contributed by atoms with E-state index in [1.807, 2.05) is 0 Å². The van der Waals surface area contributed by atoms with Crippen LogP contribution in [-0.4, -0.2) is 12.1 Å². The molecule has 0 saturated heterocycles. The van der Waals surface area contributed by atoms with Crippen LogP contribution in [0.3, 0.4) is 0 Å². The van der Waals surface area contributed by atoms with Crippen molar-refractivity contribution in [2.75, 3.05) is 0 Å². The van der Waals surface area contributed by atoms with Crippen LogP contribution in [0.5, 0.6) is 0 Å². The van der Waals surface area contributed by atoms with Gasteiger partial charge in [0, 0.05) is 0 Å². The Balaban J connectivity index is 0.000000160. The Morgan fingerprint density at radius 1 is 0.511 bits per heavy atom. The van der Waals surface area contributed by atoms with Crippen molar-refractivity contribution in [1.29, 1.82) is 0 Å². The van der Waals surface area contributed by atoms with Gasteiger partial charge in [-0.2, -0.15) is 0 Å². The fraction of sp³-hybridized carbons (Fsp3) is 0.844. The van der Waals surface area contributed by atoms with E-state index < -0.39 is 0 Å². The normalized spacial score (nSPS) is 36.1. The van der Waals surface area contributed by atoms with Crippen LogP contribution in [-0.2, 0) is 9.53 Å². The number of benzene rings is 1. The molecule has 0 atom stereocenters. The van der Waals surface area contributed by atoms with E-state index in [2.05, 4.69) is 65.8 Å². The van der Waals surface area contributed by atoms with Crippen LogP contribution in [0, 0.1) is 54.3 Å². The summed E-state index contributed by atoms with van der Waals surface area (Å²) in [6, 6.07) is 9.12. The zero-order valence-corrected chi connectivity index (χ0v) is 32.0. The van der Waals surface area contributed by atoms with Gasteiger partial charge in [0.25, 0.3) is 0 Å². The van der Waals surface area contributed by atoms with Gasteiger partial charge in [-0.15, -0.1) is 0 Å². The largest absolute Gasteiger partial charge is 0.462 e. The van der Waals surface area contributed by atoms with Crippen LogP contribution < -0.4 is 0 Å². The van der Waals surface area contributed by atoms with Gasteiger partial charge in [-0.25, -0.2) is 0 Å². The molecular weight excluding hydrogens is 572 g/mol. The topological polar surface area (TPSA) is 26.3 Å². The molecule has 0 aliphatic heterocycles. The fourth-order valence-electron chi connectivity index (χ4n) is 9.24. The predicted molar refractivity (Wildman–Crippen MR) is 202 cm³/mol. The van der Waals surface area contributed by atoms with Gasteiger partial charge in [0.15, 0.2) is 0 Å². The number of esters is 1. The van der Waals surface area contributed by atoms with Gasteiger partial charge < -0.3 is 4.74 Å². The lowest BCUT2D eigenvalue weighted by Gasteiger charge is -2.30. The molecule has 0 bridgehead atoms. The van der Waals surface area contributed by atoms with Crippen molar-refractivity contribution in [3.63, 3.8) is 0 Å². The molecule has 1 aromatic carbocycles.